The molecule has 1 unspecified atom stereocenters. The summed E-state index contributed by atoms with van der Waals surface area (Å²) < 4.78 is 1.67. The molecule has 8 heteroatoms. The van der Waals surface area contributed by atoms with Gasteiger partial charge in [0.25, 0.3) is 5.56 Å². The molecule has 0 aliphatic carbocycles. The van der Waals surface area contributed by atoms with Crippen molar-refractivity contribution in [2.24, 2.45) is 0 Å². The number of aromatic hydroxyl groups is 2. The number of phenols is 2. The molecule has 3 rings (SSSR count). The van der Waals surface area contributed by atoms with Crippen LogP contribution in [0.4, 0.5) is 5.82 Å². The predicted molar refractivity (Wildman–Crippen MR) is 91.1 cm³/mol. The van der Waals surface area contributed by atoms with Gasteiger partial charge in [-0.1, -0.05) is 6.07 Å². The molecule has 2 aromatic rings. The van der Waals surface area contributed by atoms with Gasteiger partial charge in [0.2, 0.25) is 5.91 Å². The third-order valence-corrected chi connectivity index (χ3v) is 4.38. The molecule has 4 N–H and O–H groups in total. The molecule has 0 spiro atoms. The third kappa shape index (κ3) is 2.58. The van der Waals surface area contributed by atoms with Crippen LogP contribution in [0.1, 0.15) is 43.4 Å². The minimum absolute atomic E-state index is 0.0171. The first-order valence-electron chi connectivity index (χ1n) is 7.50. The van der Waals surface area contributed by atoms with Crippen LogP contribution in [-0.4, -0.2) is 25.7 Å². The fourth-order valence-corrected chi connectivity index (χ4v) is 3.42. The van der Waals surface area contributed by atoms with Gasteiger partial charge in [-0.15, -0.1) is 0 Å². The Morgan fingerprint density at radius 3 is 2.62 bits per heavy atom. The van der Waals surface area contributed by atoms with Gasteiger partial charge in [0.05, 0.1) is 5.56 Å². The Kier molecular flexibility index (Phi) is 3.92. The summed E-state index contributed by atoms with van der Waals surface area (Å²) in [6.45, 7) is 3.68. The summed E-state index contributed by atoms with van der Waals surface area (Å²) in [5.41, 5.74) is 0.445. The monoisotopic (exact) mass is 347 g/mol. The van der Waals surface area contributed by atoms with Gasteiger partial charge in [0, 0.05) is 30.0 Å². The molecule has 0 saturated heterocycles. The lowest BCUT2D eigenvalue weighted by atomic mass is 9.86. The number of aromatic nitrogens is 2. The van der Waals surface area contributed by atoms with E-state index in [1.807, 2.05) is 13.8 Å². The Labute approximate surface area is 142 Å². The lowest BCUT2D eigenvalue weighted by Crippen LogP contribution is -2.35. The highest BCUT2D eigenvalue weighted by molar-refractivity contribution is 7.71. The SMILES string of the molecule is CC(C)n1c(=S)[nH]c2c(c1=O)C(c1ccc(O)cc1O)CC(=O)N2. The average Bonchev–Trinajstić information content (AvgIpc) is 2.45. The number of anilines is 1. The number of H-pyrrole nitrogens is 1. The first kappa shape index (κ1) is 16.3. The highest BCUT2D eigenvalue weighted by Gasteiger charge is 2.32. The number of nitrogens with zero attached hydrogens (tertiary/aromatic N) is 1. The van der Waals surface area contributed by atoms with Crippen LogP contribution in [0.3, 0.4) is 0 Å². The zero-order chi connectivity index (χ0) is 17.6. The highest BCUT2D eigenvalue weighted by Crippen LogP contribution is 2.39. The van der Waals surface area contributed by atoms with E-state index in [1.165, 1.54) is 22.8 Å². The Morgan fingerprint density at radius 1 is 1.29 bits per heavy atom. The van der Waals surface area contributed by atoms with Crippen LogP contribution < -0.4 is 10.9 Å². The van der Waals surface area contributed by atoms with Gasteiger partial charge < -0.3 is 20.5 Å². The summed E-state index contributed by atoms with van der Waals surface area (Å²) in [5, 5.41) is 22.2. The van der Waals surface area contributed by atoms with Crippen LogP contribution >= 0.6 is 12.2 Å². The van der Waals surface area contributed by atoms with E-state index in [0.717, 1.165) is 0 Å². The summed E-state index contributed by atoms with van der Waals surface area (Å²) in [6, 6.07) is 3.96. The largest absolute Gasteiger partial charge is 0.508 e. The minimum atomic E-state index is -0.626. The fourth-order valence-electron chi connectivity index (χ4n) is 3.02. The molecular weight excluding hydrogens is 330 g/mol. The average molecular weight is 347 g/mol. The number of phenolic OH excluding ortho intramolecular Hbond substituents is 2. The van der Waals surface area contributed by atoms with Gasteiger partial charge >= 0.3 is 0 Å². The number of carbonyl (C=O) groups is 1. The van der Waals surface area contributed by atoms with Crippen molar-refractivity contribution in [3.63, 3.8) is 0 Å². The summed E-state index contributed by atoms with van der Waals surface area (Å²) in [5.74, 6) is -0.913. The van der Waals surface area contributed by atoms with Crippen LogP contribution in [0.5, 0.6) is 11.5 Å². The van der Waals surface area contributed by atoms with Crippen molar-refractivity contribution in [3.05, 3.63) is 44.5 Å². The molecule has 1 amide bonds. The van der Waals surface area contributed by atoms with E-state index in [4.69, 9.17) is 12.2 Å². The summed E-state index contributed by atoms with van der Waals surface area (Å²) >= 11 is 5.21. The van der Waals surface area contributed by atoms with Gasteiger partial charge in [-0.3, -0.25) is 14.2 Å². The molecule has 0 saturated carbocycles. The molecule has 1 aromatic carbocycles. The topological polar surface area (TPSA) is 107 Å². The molecule has 0 radical (unpaired) electrons. The second kappa shape index (κ2) is 5.79. The molecule has 1 aliphatic rings. The van der Waals surface area contributed by atoms with Crippen LogP contribution in [0.15, 0.2) is 23.0 Å². The number of aromatic amines is 1. The Balaban J connectivity index is 2.29. The molecule has 1 atom stereocenters. The Morgan fingerprint density at radius 2 is 2.00 bits per heavy atom. The molecule has 7 nitrogen and oxygen atoms in total. The maximum atomic E-state index is 12.9. The van der Waals surface area contributed by atoms with Gasteiger partial charge in [-0.2, -0.15) is 0 Å². The van der Waals surface area contributed by atoms with Crippen molar-refractivity contribution in [2.45, 2.75) is 32.2 Å². The second-order valence-corrected chi connectivity index (χ2v) is 6.42. The van der Waals surface area contributed by atoms with Gasteiger partial charge in [-0.05, 0) is 32.1 Å². The van der Waals surface area contributed by atoms with Crippen LogP contribution in [0.2, 0.25) is 0 Å². The van der Waals surface area contributed by atoms with E-state index in [9.17, 15) is 19.8 Å². The second-order valence-electron chi connectivity index (χ2n) is 6.04. The van der Waals surface area contributed by atoms with Crippen LogP contribution in [0.25, 0.3) is 0 Å². The number of benzene rings is 1. The Bertz CT molecular complexity index is 945. The van der Waals surface area contributed by atoms with Gasteiger partial charge in [0.1, 0.15) is 17.3 Å². The normalized spacial score (nSPS) is 16.8. The van der Waals surface area contributed by atoms with Crippen LogP contribution in [0, 0.1) is 4.77 Å². The number of amides is 1. The van der Waals surface area contributed by atoms with Crippen molar-refractivity contribution in [1.82, 2.24) is 9.55 Å². The third-order valence-electron chi connectivity index (χ3n) is 4.08. The van der Waals surface area contributed by atoms with E-state index < -0.39 is 5.92 Å². The summed E-state index contributed by atoms with van der Waals surface area (Å²) in [7, 11) is 0. The number of nitrogens with one attached hydrogen (secondary N) is 2. The van der Waals surface area contributed by atoms with E-state index in [0.29, 0.717) is 11.1 Å². The summed E-state index contributed by atoms with van der Waals surface area (Å²) in [4.78, 5) is 27.9. The lowest BCUT2D eigenvalue weighted by Gasteiger charge is -2.27. The molecular formula is C16H17N3O4S. The highest BCUT2D eigenvalue weighted by atomic mass is 32.1. The van der Waals surface area contributed by atoms with Crippen molar-refractivity contribution in [2.75, 3.05) is 5.32 Å². The number of carbonyl (C=O) groups excluding carboxylic acids is 1. The molecule has 1 aliphatic heterocycles. The van der Waals surface area contributed by atoms with E-state index >= 15 is 0 Å². The summed E-state index contributed by atoms with van der Waals surface area (Å²) in [6.07, 6.45) is 0.0171. The first-order chi connectivity index (χ1) is 11.3. The van der Waals surface area contributed by atoms with Gasteiger partial charge in [0.15, 0.2) is 4.77 Å². The van der Waals surface area contributed by atoms with E-state index in [2.05, 4.69) is 10.3 Å². The lowest BCUT2D eigenvalue weighted by molar-refractivity contribution is -0.116. The predicted octanol–water partition coefficient (Wildman–Crippen LogP) is 2.37. The van der Waals surface area contributed by atoms with E-state index in [1.54, 1.807) is 0 Å². The molecule has 0 bridgehead atoms. The zero-order valence-electron chi connectivity index (χ0n) is 13.2. The fraction of sp³-hybridized carbons (Fsp3) is 0.312. The van der Waals surface area contributed by atoms with Crippen molar-refractivity contribution >= 4 is 23.9 Å². The van der Waals surface area contributed by atoms with Crippen molar-refractivity contribution in [1.29, 1.82) is 0 Å². The van der Waals surface area contributed by atoms with Gasteiger partial charge in [-0.25, -0.2) is 0 Å². The first-order valence-corrected chi connectivity index (χ1v) is 7.91. The van der Waals surface area contributed by atoms with Crippen molar-refractivity contribution < 1.29 is 15.0 Å². The molecule has 1 aromatic heterocycles. The quantitative estimate of drug-likeness (QED) is 0.624. The molecule has 2 heterocycles. The smallest absolute Gasteiger partial charge is 0.260 e. The Hall–Kier alpha value is -2.61. The number of fused-ring (bicyclic) bond motifs is 1. The van der Waals surface area contributed by atoms with Crippen molar-refractivity contribution in [3.8, 4) is 11.5 Å². The van der Waals surface area contributed by atoms with Crippen LogP contribution in [-0.2, 0) is 4.79 Å². The minimum Gasteiger partial charge on any atom is -0.508 e. The molecule has 126 valence electrons. The van der Waals surface area contributed by atoms with E-state index in [-0.39, 0.29) is 46.0 Å². The number of hydrogen-bond donors (Lipinski definition) is 4. The number of rotatable bonds is 2. The molecule has 24 heavy (non-hydrogen) atoms. The maximum Gasteiger partial charge on any atom is 0.260 e. The maximum absolute atomic E-state index is 12.9. The zero-order valence-corrected chi connectivity index (χ0v) is 14.0. The standard InChI is InChI=1S/C16H17N3O4S/c1-7(2)19-15(23)13-10(9-4-3-8(20)5-11(9)21)6-12(22)17-14(13)18-16(19)24/h3-5,7,10,20-21H,6H2,1-2H3,(H,17,22)(H,18,24). The number of hydrogen-bond acceptors (Lipinski definition) is 5. The molecule has 0 fully saturated rings.